The van der Waals surface area contributed by atoms with Crippen LogP contribution in [0.5, 0.6) is 0 Å². The third-order valence-corrected chi connectivity index (χ3v) is 4.49. The fourth-order valence-corrected chi connectivity index (χ4v) is 3.63. The standard InChI is InChI=1S/C16H21NO2/c1-2-17-13-8-9-14(17)11-15(10-13)19-16(18)12-6-4-3-5-7-12/h3-7,13-15H,2,8-11H2,1H3/t13-,14+,15?. The Morgan fingerprint density at radius 3 is 2.42 bits per heavy atom. The highest BCUT2D eigenvalue weighted by Crippen LogP contribution is 2.36. The van der Waals surface area contributed by atoms with Crippen LogP contribution in [0.15, 0.2) is 30.3 Å². The molecule has 102 valence electrons. The summed E-state index contributed by atoms with van der Waals surface area (Å²) in [4.78, 5) is 14.6. The van der Waals surface area contributed by atoms with Gasteiger partial charge in [-0.05, 0) is 31.5 Å². The van der Waals surface area contributed by atoms with E-state index < -0.39 is 0 Å². The van der Waals surface area contributed by atoms with E-state index in [0.717, 1.165) is 19.4 Å². The van der Waals surface area contributed by atoms with Gasteiger partial charge in [0.25, 0.3) is 0 Å². The summed E-state index contributed by atoms with van der Waals surface area (Å²) in [5.74, 6) is -0.171. The highest BCUT2D eigenvalue weighted by Gasteiger charge is 2.41. The number of hydrogen-bond donors (Lipinski definition) is 0. The Bertz CT molecular complexity index is 431. The van der Waals surface area contributed by atoms with Crippen LogP contribution in [0.25, 0.3) is 0 Å². The molecule has 1 aromatic carbocycles. The van der Waals surface area contributed by atoms with E-state index in [0.29, 0.717) is 17.6 Å². The summed E-state index contributed by atoms with van der Waals surface area (Å²) in [5, 5.41) is 0. The second-order valence-corrected chi connectivity index (χ2v) is 5.58. The third kappa shape index (κ3) is 2.52. The Balaban J connectivity index is 1.62. The van der Waals surface area contributed by atoms with Crippen molar-refractivity contribution in [2.75, 3.05) is 6.54 Å². The van der Waals surface area contributed by atoms with Crippen molar-refractivity contribution in [2.24, 2.45) is 0 Å². The molecule has 2 heterocycles. The summed E-state index contributed by atoms with van der Waals surface area (Å²) >= 11 is 0. The first kappa shape index (κ1) is 12.7. The number of carbonyl (C=O) groups is 1. The molecule has 2 saturated heterocycles. The molecule has 0 aromatic heterocycles. The van der Waals surface area contributed by atoms with Crippen LogP contribution < -0.4 is 0 Å². The molecular formula is C16H21NO2. The van der Waals surface area contributed by atoms with E-state index in [2.05, 4.69) is 11.8 Å². The zero-order valence-corrected chi connectivity index (χ0v) is 11.4. The van der Waals surface area contributed by atoms with Crippen molar-refractivity contribution in [3.63, 3.8) is 0 Å². The lowest BCUT2D eigenvalue weighted by Crippen LogP contribution is -2.45. The molecule has 2 fully saturated rings. The van der Waals surface area contributed by atoms with Crippen molar-refractivity contribution < 1.29 is 9.53 Å². The van der Waals surface area contributed by atoms with Crippen LogP contribution in [0.1, 0.15) is 43.0 Å². The van der Waals surface area contributed by atoms with Gasteiger partial charge in [0.1, 0.15) is 6.10 Å². The minimum absolute atomic E-state index is 0.105. The minimum atomic E-state index is -0.171. The molecule has 2 aliphatic rings. The molecule has 3 atom stereocenters. The maximum atomic E-state index is 12.1. The lowest BCUT2D eigenvalue weighted by atomic mass is 10.00. The first-order chi connectivity index (χ1) is 9.28. The van der Waals surface area contributed by atoms with Crippen molar-refractivity contribution in [3.05, 3.63) is 35.9 Å². The summed E-state index contributed by atoms with van der Waals surface area (Å²) in [5.41, 5.74) is 0.660. The topological polar surface area (TPSA) is 29.5 Å². The maximum absolute atomic E-state index is 12.1. The Morgan fingerprint density at radius 1 is 1.21 bits per heavy atom. The third-order valence-electron chi connectivity index (χ3n) is 4.49. The summed E-state index contributed by atoms with van der Waals surface area (Å²) < 4.78 is 5.69. The number of hydrogen-bond acceptors (Lipinski definition) is 3. The Morgan fingerprint density at radius 2 is 1.84 bits per heavy atom. The van der Waals surface area contributed by atoms with E-state index in [9.17, 15) is 4.79 Å². The Labute approximate surface area is 114 Å². The van der Waals surface area contributed by atoms with Crippen LogP contribution in [0.4, 0.5) is 0 Å². The molecule has 3 nitrogen and oxygen atoms in total. The van der Waals surface area contributed by atoms with Crippen LogP contribution in [-0.4, -0.2) is 35.6 Å². The molecule has 0 amide bonds. The zero-order valence-electron chi connectivity index (χ0n) is 11.4. The van der Waals surface area contributed by atoms with Crippen molar-refractivity contribution in [2.45, 2.75) is 50.8 Å². The van der Waals surface area contributed by atoms with E-state index in [4.69, 9.17) is 4.74 Å². The van der Waals surface area contributed by atoms with Gasteiger partial charge in [-0.1, -0.05) is 25.1 Å². The number of fused-ring (bicyclic) bond motifs is 2. The number of rotatable bonds is 3. The molecule has 0 radical (unpaired) electrons. The molecule has 3 heteroatoms. The van der Waals surface area contributed by atoms with Crippen molar-refractivity contribution in [1.29, 1.82) is 0 Å². The van der Waals surface area contributed by atoms with Gasteiger partial charge in [0.2, 0.25) is 0 Å². The summed E-state index contributed by atoms with van der Waals surface area (Å²) in [6.45, 7) is 3.34. The van der Waals surface area contributed by atoms with Gasteiger partial charge < -0.3 is 4.74 Å². The highest BCUT2D eigenvalue weighted by molar-refractivity contribution is 5.89. The molecule has 0 spiro atoms. The predicted octanol–water partition coefficient (Wildman–Crippen LogP) is 2.86. The second-order valence-electron chi connectivity index (χ2n) is 5.58. The minimum Gasteiger partial charge on any atom is -0.459 e. The fourth-order valence-electron chi connectivity index (χ4n) is 3.63. The maximum Gasteiger partial charge on any atom is 0.338 e. The van der Waals surface area contributed by atoms with Gasteiger partial charge in [0.05, 0.1) is 5.56 Å². The second kappa shape index (κ2) is 5.33. The van der Waals surface area contributed by atoms with Gasteiger partial charge in [-0.15, -0.1) is 0 Å². The molecule has 1 aromatic rings. The van der Waals surface area contributed by atoms with Gasteiger partial charge in [0, 0.05) is 24.9 Å². The van der Waals surface area contributed by atoms with Crippen LogP contribution >= 0.6 is 0 Å². The van der Waals surface area contributed by atoms with Crippen molar-refractivity contribution >= 4 is 5.97 Å². The molecule has 1 unspecified atom stereocenters. The monoisotopic (exact) mass is 259 g/mol. The Kier molecular flexibility index (Phi) is 3.56. The molecule has 0 saturated carbocycles. The molecule has 0 aliphatic carbocycles. The largest absolute Gasteiger partial charge is 0.459 e. The SMILES string of the molecule is CCN1[C@@H]2CC[C@H]1CC(OC(=O)c1ccccc1)C2. The molecule has 19 heavy (non-hydrogen) atoms. The predicted molar refractivity (Wildman–Crippen MR) is 74.1 cm³/mol. The smallest absolute Gasteiger partial charge is 0.338 e. The van der Waals surface area contributed by atoms with E-state index in [-0.39, 0.29) is 12.1 Å². The molecule has 2 aliphatic heterocycles. The number of carbonyl (C=O) groups excluding carboxylic acids is 1. The first-order valence-electron chi connectivity index (χ1n) is 7.29. The first-order valence-corrected chi connectivity index (χ1v) is 7.29. The zero-order chi connectivity index (χ0) is 13.2. The molecule has 2 bridgehead atoms. The molecule has 3 rings (SSSR count). The lowest BCUT2D eigenvalue weighted by molar-refractivity contribution is -0.00478. The van der Waals surface area contributed by atoms with E-state index in [1.165, 1.54) is 12.8 Å². The average Bonchev–Trinajstić information content (AvgIpc) is 2.70. The van der Waals surface area contributed by atoms with Gasteiger partial charge in [-0.2, -0.15) is 0 Å². The lowest BCUT2D eigenvalue weighted by Gasteiger charge is -2.37. The summed E-state index contributed by atoms with van der Waals surface area (Å²) in [7, 11) is 0. The Hall–Kier alpha value is -1.35. The van der Waals surface area contributed by atoms with E-state index in [1.54, 1.807) is 0 Å². The van der Waals surface area contributed by atoms with Crippen molar-refractivity contribution in [1.82, 2.24) is 4.90 Å². The van der Waals surface area contributed by atoms with E-state index in [1.807, 2.05) is 30.3 Å². The number of ether oxygens (including phenoxy) is 1. The number of esters is 1. The number of piperidine rings is 1. The molecule has 0 N–H and O–H groups in total. The van der Waals surface area contributed by atoms with Crippen LogP contribution in [0.2, 0.25) is 0 Å². The number of benzene rings is 1. The fraction of sp³-hybridized carbons (Fsp3) is 0.562. The van der Waals surface area contributed by atoms with E-state index >= 15 is 0 Å². The van der Waals surface area contributed by atoms with Crippen molar-refractivity contribution in [3.8, 4) is 0 Å². The van der Waals surface area contributed by atoms with Gasteiger partial charge >= 0.3 is 5.97 Å². The molecular weight excluding hydrogens is 238 g/mol. The quantitative estimate of drug-likeness (QED) is 0.782. The highest BCUT2D eigenvalue weighted by atomic mass is 16.5. The van der Waals surface area contributed by atoms with Gasteiger partial charge in [0.15, 0.2) is 0 Å². The van der Waals surface area contributed by atoms with Crippen LogP contribution in [-0.2, 0) is 4.74 Å². The normalized spacial score (nSPS) is 30.3. The summed E-state index contributed by atoms with van der Waals surface area (Å²) in [6.07, 6.45) is 4.63. The van der Waals surface area contributed by atoms with Crippen LogP contribution in [0, 0.1) is 0 Å². The van der Waals surface area contributed by atoms with Gasteiger partial charge in [-0.25, -0.2) is 4.79 Å². The summed E-state index contributed by atoms with van der Waals surface area (Å²) in [6, 6.07) is 10.5. The number of nitrogens with zero attached hydrogens (tertiary/aromatic N) is 1. The van der Waals surface area contributed by atoms with Crippen LogP contribution in [0.3, 0.4) is 0 Å². The average molecular weight is 259 g/mol. The van der Waals surface area contributed by atoms with Gasteiger partial charge in [-0.3, -0.25) is 4.90 Å².